The second kappa shape index (κ2) is 9.54. The highest BCUT2D eigenvalue weighted by Gasteiger charge is 2.16. The van der Waals surface area contributed by atoms with Gasteiger partial charge in [-0.2, -0.15) is 0 Å². The molecule has 9 heteroatoms. The lowest BCUT2D eigenvalue weighted by atomic mass is 10.2. The first-order chi connectivity index (χ1) is 15.5. The Morgan fingerprint density at radius 1 is 0.906 bits per heavy atom. The summed E-state index contributed by atoms with van der Waals surface area (Å²) in [5, 5.41) is 4.70. The number of carbonyl (C=O) groups excluding carboxylic acids is 1. The number of rotatable bonds is 7. The number of sulfonamides is 1. The Bertz CT molecular complexity index is 1340. The molecular weight excluding hydrogens is 444 g/mol. The fourth-order valence-corrected chi connectivity index (χ4v) is 4.33. The van der Waals surface area contributed by atoms with Crippen molar-refractivity contribution in [3.05, 3.63) is 101 Å². The van der Waals surface area contributed by atoms with E-state index in [0.717, 1.165) is 4.88 Å². The molecular formula is C23H18N4O3S2. The smallest absolute Gasteiger partial charge is 0.264 e. The highest BCUT2D eigenvalue weighted by Crippen LogP contribution is 2.18. The third-order valence-electron chi connectivity index (χ3n) is 4.32. The minimum atomic E-state index is -3.90. The van der Waals surface area contributed by atoms with E-state index in [9.17, 15) is 13.2 Å². The lowest BCUT2D eigenvalue weighted by Crippen LogP contribution is -2.15. The van der Waals surface area contributed by atoms with Gasteiger partial charge in [0.15, 0.2) is 0 Å². The van der Waals surface area contributed by atoms with Crippen LogP contribution in [0.15, 0.2) is 89.3 Å². The average molecular weight is 463 g/mol. The first kappa shape index (κ1) is 21.4. The number of benzene rings is 2. The number of amides is 1. The number of hydrogen-bond donors (Lipinski definition) is 2. The van der Waals surface area contributed by atoms with Crippen molar-refractivity contribution in [1.29, 1.82) is 0 Å². The Morgan fingerprint density at radius 3 is 2.41 bits per heavy atom. The normalized spacial score (nSPS) is 11.4. The maximum Gasteiger partial charge on any atom is 0.264 e. The van der Waals surface area contributed by atoms with Gasteiger partial charge in [-0.05, 0) is 66.1 Å². The minimum Gasteiger partial charge on any atom is -0.322 e. The summed E-state index contributed by atoms with van der Waals surface area (Å²) in [6.45, 7) is 0. The minimum absolute atomic E-state index is 0.0262. The van der Waals surface area contributed by atoms with Gasteiger partial charge in [0.25, 0.3) is 15.9 Å². The van der Waals surface area contributed by atoms with Gasteiger partial charge in [-0.1, -0.05) is 24.3 Å². The number of anilines is 2. The molecule has 0 spiro atoms. The van der Waals surface area contributed by atoms with Gasteiger partial charge in [-0.15, -0.1) is 11.3 Å². The lowest BCUT2D eigenvalue weighted by molar-refractivity contribution is 0.102. The molecule has 4 rings (SSSR count). The zero-order chi connectivity index (χ0) is 22.4. The Morgan fingerprint density at radius 2 is 1.69 bits per heavy atom. The fourth-order valence-electron chi connectivity index (χ4n) is 2.76. The molecule has 0 atom stereocenters. The van der Waals surface area contributed by atoms with Crippen LogP contribution in [-0.2, 0) is 10.0 Å². The number of aromatic nitrogens is 2. The van der Waals surface area contributed by atoms with Gasteiger partial charge >= 0.3 is 0 Å². The van der Waals surface area contributed by atoms with Crippen LogP contribution in [0.4, 0.5) is 11.6 Å². The first-order valence-electron chi connectivity index (χ1n) is 9.53. The molecule has 0 saturated heterocycles. The molecule has 0 radical (unpaired) electrons. The van der Waals surface area contributed by atoms with Crippen LogP contribution in [0, 0.1) is 0 Å². The predicted octanol–water partition coefficient (Wildman–Crippen LogP) is 4.76. The average Bonchev–Trinajstić information content (AvgIpc) is 3.32. The molecule has 0 aliphatic heterocycles. The molecule has 0 unspecified atom stereocenters. The van der Waals surface area contributed by atoms with Crippen LogP contribution in [0.2, 0.25) is 0 Å². The van der Waals surface area contributed by atoms with E-state index in [-0.39, 0.29) is 16.8 Å². The van der Waals surface area contributed by atoms with E-state index in [1.807, 2.05) is 29.7 Å². The van der Waals surface area contributed by atoms with Crippen molar-refractivity contribution in [2.24, 2.45) is 0 Å². The predicted molar refractivity (Wildman–Crippen MR) is 127 cm³/mol. The topological polar surface area (TPSA) is 101 Å². The van der Waals surface area contributed by atoms with Crippen molar-refractivity contribution in [2.75, 3.05) is 10.0 Å². The number of thiophene rings is 1. The number of carbonyl (C=O) groups is 1. The molecule has 2 heterocycles. The molecule has 0 aliphatic carbocycles. The molecule has 0 aliphatic rings. The summed E-state index contributed by atoms with van der Waals surface area (Å²) in [5.74, 6) is -0.306. The zero-order valence-corrected chi connectivity index (χ0v) is 18.3. The molecule has 0 saturated carbocycles. The van der Waals surface area contributed by atoms with E-state index in [4.69, 9.17) is 0 Å². The van der Waals surface area contributed by atoms with E-state index in [1.54, 1.807) is 47.7 Å². The maximum absolute atomic E-state index is 12.7. The second-order valence-electron chi connectivity index (χ2n) is 6.60. The van der Waals surface area contributed by atoms with Gasteiger partial charge in [-0.25, -0.2) is 23.1 Å². The largest absolute Gasteiger partial charge is 0.322 e. The number of nitrogens with zero attached hydrogens (tertiary/aromatic N) is 2. The summed E-state index contributed by atoms with van der Waals surface area (Å²) < 4.78 is 27.8. The molecule has 160 valence electrons. The number of hydrogen-bond acceptors (Lipinski definition) is 6. The van der Waals surface area contributed by atoms with E-state index in [1.165, 1.54) is 30.5 Å². The highest BCUT2D eigenvalue weighted by molar-refractivity contribution is 7.92. The van der Waals surface area contributed by atoms with Crippen LogP contribution in [0.1, 0.15) is 20.9 Å². The molecule has 2 aromatic heterocycles. The van der Waals surface area contributed by atoms with Gasteiger partial charge < -0.3 is 5.32 Å². The van der Waals surface area contributed by atoms with E-state index in [0.29, 0.717) is 16.9 Å². The summed E-state index contributed by atoms with van der Waals surface area (Å²) in [4.78, 5) is 21.5. The fraction of sp³-hybridized carbons (Fsp3) is 0. The van der Waals surface area contributed by atoms with Crippen LogP contribution in [0.3, 0.4) is 0 Å². The molecule has 2 N–H and O–H groups in total. The van der Waals surface area contributed by atoms with Crippen molar-refractivity contribution in [2.45, 2.75) is 4.90 Å². The maximum atomic E-state index is 12.7. The van der Waals surface area contributed by atoms with Crippen molar-refractivity contribution in [3.8, 4) is 0 Å². The lowest BCUT2D eigenvalue weighted by Gasteiger charge is -2.09. The third kappa shape index (κ3) is 5.45. The van der Waals surface area contributed by atoms with Gasteiger partial charge in [0.1, 0.15) is 0 Å². The summed E-state index contributed by atoms with van der Waals surface area (Å²) in [7, 11) is -3.90. The van der Waals surface area contributed by atoms with Crippen LogP contribution in [0.25, 0.3) is 12.2 Å². The van der Waals surface area contributed by atoms with E-state index >= 15 is 0 Å². The van der Waals surface area contributed by atoms with Crippen molar-refractivity contribution < 1.29 is 13.2 Å². The Balaban J connectivity index is 1.44. The molecule has 2 aromatic carbocycles. The summed E-state index contributed by atoms with van der Waals surface area (Å²) in [6, 6.07) is 20.2. The van der Waals surface area contributed by atoms with E-state index in [2.05, 4.69) is 20.0 Å². The first-order valence-corrected chi connectivity index (χ1v) is 11.9. The standard InChI is InChI=1S/C23H18N4O3S2/c28-22(17-5-2-1-3-6-17)25-18-9-12-21(13-10-18)32(29,30)27-23-24-15-14-19(26-23)8-11-20-7-4-16-31-20/h1-16H,(H,25,28)(H,24,26,27)/b11-8+. The Hall–Kier alpha value is -3.82. The molecule has 0 fully saturated rings. The SMILES string of the molecule is O=C(Nc1ccc(S(=O)(=O)Nc2nccc(/C=C/c3cccs3)n2)cc1)c1ccccc1. The van der Waals surface area contributed by atoms with Gasteiger partial charge in [0.05, 0.1) is 10.6 Å². The van der Waals surface area contributed by atoms with Crippen LogP contribution in [-0.4, -0.2) is 24.3 Å². The second-order valence-corrected chi connectivity index (χ2v) is 9.27. The molecule has 0 bridgehead atoms. The molecule has 4 aromatic rings. The molecule has 32 heavy (non-hydrogen) atoms. The molecule has 1 amide bonds. The summed E-state index contributed by atoms with van der Waals surface area (Å²) in [6.07, 6.45) is 5.17. The molecule has 7 nitrogen and oxygen atoms in total. The number of nitrogens with one attached hydrogen (secondary N) is 2. The monoisotopic (exact) mass is 462 g/mol. The highest BCUT2D eigenvalue weighted by atomic mass is 32.2. The quantitative estimate of drug-likeness (QED) is 0.412. The van der Waals surface area contributed by atoms with Gasteiger partial charge in [-0.3, -0.25) is 4.79 Å². The van der Waals surface area contributed by atoms with E-state index < -0.39 is 10.0 Å². The van der Waals surface area contributed by atoms with Crippen molar-refractivity contribution in [3.63, 3.8) is 0 Å². The van der Waals surface area contributed by atoms with Crippen LogP contribution >= 0.6 is 11.3 Å². The Labute approximate surface area is 189 Å². The summed E-state index contributed by atoms with van der Waals surface area (Å²) in [5.41, 5.74) is 1.57. The third-order valence-corrected chi connectivity index (χ3v) is 6.50. The van der Waals surface area contributed by atoms with Gasteiger partial charge in [0.2, 0.25) is 5.95 Å². The Kier molecular flexibility index (Phi) is 6.39. The van der Waals surface area contributed by atoms with Gasteiger partial charge in [0, 0.05) is 22.3 Å². The van der Waals surface area contributed by atoms with Crippen LogP contribution < -0.4 is 10.0 Å². The van der Waals surface area contributed by atoms with Crippen molar-refractivity contribution in [1.82, 2.24) is 9.97 Å². The van der Waals surface area contributed by atoms with Crippen LogP contribution in [0.5, 0.6) is 0 Å². The zero-order valence-electron chi connectivity index (χ0n) is 16.7. The summed E-state index contributed by atoms with van der Waals surface area (Å²) >= 11 is 1.59. The van der Waals surface area contributed by atoms with Crippen molar-refractivity contribution >= 4 is 51.1 Å².